The standard InChI is InChI=1S/C28H31N3O6/c1-3-16-37-20-10-8-19(9-11-20)24(32)23-25(33)26(34)31(13-12-30-14-17-36-18-15-30)28(23)21-6-4-5-7-22(21)29(2)27(28)35/h4-11,32H,3,12-18H2,1-2H3/b24-23-. The number of likely N-dealkylation sites (tertiary alicyclic amines) is 1. The van der Waals surface area contributed by atoms with E-state index in [9.17, 15) is 19.5 Å². The molecule has 0 aliphatic carbocycles. The molecule has 2 amide bonds. The number of ketones is 1. The molecule has 0 saturated carbocycles. The maximum Gasteiger partial charge on any atom is 0.296 e. The average molecular weight is 506 g/mol. The van der Waals surface area contributed by atoms with Crippen molar-refractivity contribution in [3.63, 3.8) is 0 Å². The van der Waals surface area contributed by atoms with Crippen LogP contribution >= 0.6 is 0 Å². The Kier molecular flexibility index (Phi) is 6.74. The summed E-state index contributed by atoms with van der Waals surface area (Å²) in [6.45, 7) is 5.77. The first kappa shape index (κ1) is 25.0. The molecular formula is C28H31N3O6. The Morgan fingerprint density at radius 1 is 1.03 bits per heavy atom. The van der Waals surface area contributed by atoms with E-state index in [0.29, 0.717) is 62.0 Å². The minimum atomic E-state index is -1.74. The molecular weight excluding hydrogens is 474 g/mol. The molecule has 3 aliphatic heterocycles. The van der Waals surface area contributed by atoms with Crippen LogP contribution < -0.4 is 9.64 Å². The second kappa shape index (κ2) is 9.99. The van der Waals surface area contributed by atoms with Crippen LogP contribution in [0.1, 0.15) is 24.5 Å². The first-order chi connectivity index (χ1) is 17.9. The average Bonchev–Trinajstić information content (AvgIpc) is 3.29. The van der Waals surface area contributed by atoms with Crippen molar-refractivity contribution >= 4 is 29.0 Å². The van der Waals surface area contributed by atoms with Gasteiger partial charge in [-0.3, -0.25) is 19.3 Å². The van der Waals surface area contributed by atoms with E-state index in [2.05, 4.69) is 4.90 Å². The van der Waals surface area contributed by atoms with Crippen molar-refractivity contribution in [2.45, 2.75) is 18.9 Å². The molecule has 1 atom stereocenters. The number of anilines is 1. The van der Waals surface area contributed by atoms with Gasteiger partial charge < -0.3 is 24.4 Å². The lowest BCUT2D eigenvalue weighted by atomic mass is 9.82. The van der Waals surface area contributed by atoms with Crippen molar-refractivity contribution < 1.29 is 29.0 Å². The maximum atomic E-state index is 14.0. The molecule has 9 nitrogen and oxygen atoms in total. The molecule has 37 heavy (non-hydrogen) atoms. The topological polar surface area (TPSA) is 99.6 Å². The predicted molar refractivity (Wildman–Crippen MR) is 137 cm³/mol. The fourth-order valence-electron chi connectivity index (χ4n) is 5.41. The molecule has 0 bridgehead atoms. The second-order valence-corrected chi connectivity index (χ2v) is 9.43. The molecule has 2 saturated heterocycles. The van der Waals surface area contributed by atoms with Crippen LogP contribution in [0.5, 0.6) is 5.75 Å². The summed E-state index contributed by atoms with van der Waals surface area (Å²) in [7, 11) is 1.62. The third-order valence-electron chi connectivity index (χ3n) is 7.28. The number of hydrogen-bond donors (Lipinski definition) is 1. The number of carbonyl (C=O) groups is 3. The highest BCUT2D eigenvalue weighted by Crippen LogP contribution is 2.53. The fraction of sp³-hybridized carbons (Fsp3) is 0.393. The molecule has 3 heterocycles. The van der Waals surface area contributed by atoms with E-state index in [0.717, 1.165) is 6.42 Å². The number of benzene rings is 2. The first-order valence-corrected chi connectivity index (χ1v) is 12.6. The third kappa shape index (κ3) is 3.98. The molecule has 3 aliphatic rings. The third-order valence-corrected chi connectivity index (χ3v) is 7.28. The van der Waals surface area contributed by atoms with Crippen molar-refractivity contribution in [3.8, 4) is 5.75 Å². The summed E-state index contributed by atoms with van der Waals surface area (Å²) >= 11 is 0. The number of hydrogen-bond acceptors (Lipinski definition) is 7. The predicted octanol–water partition coefficient (Wildman–Crippen LogP) is 2.36. The SMILES string of the molecule is CCCOc1ccc(/C(O)=C2\C(=O)C(=O)N(CCN3CCOCC3)C23C(=O)N(C)c2ccccc23)cc1. The van der Waals surface area contributed by atoms with E-state index < -0.39 is 23.1 Å². The van der Waals surface area contributed by atoms with Gasteiger partial charge in [0.15, 0.2) is 5.54 Å². The largest absolute Gasteiger partial charge is 0.507 e. The van der Waals surface area contributed by atoms with Crippen LogP contribution in [0, 0.1) is 0 Å². The van der Waals surface area contributed by atoms with Gasteiger partial charge in [-0.15, -0.1) is 0 Å². The molecule has 1 N–H and O–H groups in total. The monoisotopic (exact) mass is 505 g/mol. The highest BCUT2D eigenvalue weighted by atomic mass is 16.5. The van der Waals surface area contributed by atoms with Gasteiger partial charge in [-0.05, 0) is 36.8 Å². The number of para-hydroxylation sites is 1. The summed E-state index contributed by atoms with van der Waals surface area (Å²) in [5, 5.41) is 11.5. The summed E-state index contributed by atoms with van der Waals surface area (Å²) in [5.74, 6) is -1.87. The van der Waals surface area contributed by atoms with Crippen molar-refractivity contribution in [3.05, 3.63) is 65.2 Å². The summed E-state index contributed by atoms with van der Waals surface area (Å²) in [6.07, 6.45) is 0.853. The van der Waals surface area contributed by atoms with E-state index in [-0.39, 0.29) is 17.9 Å². The molecule has 2 aromatic carbocycles. The van der Waals surface area contributed by atoms with E-state index in [1.807, 2.05) is 6.92 Å². The molecule has 1 unspecified atom stereocenters. The Morgan fingerprint density at radius 3 is 2.43 bits per heavy atom. The number of ether oxygens (including phenoxy) is 2. The summed E-state index contributed by atoms with van der Waals surface area (Å²) < 4.78 is 11.1. The number of carbonyl (C=O) groups excluding carboxylic acids is 3. The van der Waals surface area contributed by atoms with Crippen LogP contribution in [-0.2, 0) is 24.7 Å². The number of rotatable bonds is 7. The molecule has 9 heteroatoms. The minimum absolute atomic E-state index is 0.152. The van der Waals surface area contributed by atoms with E-state index in [4.69, 9.17) is 9.47 Å². The normalized spacial score (nSPS) is 23.2. The van der Waals surface area contributed by atoms with Crippen LogP contribution in [0.25, 0.3) is 5.76 Å². The zero-order valence-electron chi connectivity index (χ0n) is 21.1. The van der Waals surface area contributed by atoms with Gasteiger partial charge >= 0.3 is 0 Å². The zero-order valence-corrected chi connectivity index (χ0v) is 21.1. The molecule has 0 radical (unpaired) electrons. The van der Waals surface area contributed by atoms with Gasteiger partial charge in [0.25, 0.3) is 17.6 Å². The van der Waals surface area contributed by atoms with E-state index in [1.54, 1.807) is 55.6 Å². The Balaban J connectivity index is 1.63. The van der Waals surface area contributed by atoms with Crippen LogP contribution in [-0.4, -0.2) is 85.6 Å². The molecule has 2 fully saturated rings. The molecule has 194 valence electrons. The first-order valence-electron chi connectivity index (χ1n) is 12.6. The number of aliphatic hydroxyl groups excluding tert-OH is 1. The molecule has 0 aromatic heterocycles. The van der Waals surface area contributed by atoms with Crippen molar-refractivity contribution in [1.82, 2.24) is 9.80 Å². The molecule has 1 spiro atoms. The van der Waals surface area contributed by atoms with Crippen LogP contribution in [0.15, 0.2) is 54.1 Å². The van der Waals surface area contributed by atoms with E-state index in [1.165, 1.54) is 9.80 Å². The Hall–Kier alpha value is -3.69. The Morgan fingerprint density at radius 2 is 1.73 bits per heavy atom. The minimum Gasteiger partial charge on any atom is -0.507 e. The van der Waals surface area contributed by atoms with Gasteiger partial charge in [0.2, 0.25) is 0 Å². The van der Waals surface area contributed by atoms with E-state index >= 15 is 0 Å². The fourth-order valence-corrected chi connectivity index (χ4v) is 5.41. The Labute approximate surface area is 215 Å². The number of nitrogens with zero attached hydrogens (tertiary/aromatic N) is 3. The van der Waals surface area contributed by atoms with Crippen molar-refractivity contribution in [2.24, 2.45) is 0 Å². The number of likely N-dealkylation sites (N-methyl/N-ethyl adjacent to an activating group) is 1. The molecule has 2 aromatic rings. The highest BCUT2D eigenvalue weighted by molar-refractivity contribution is 6.50. The zero-order chi connectivity index (χ0) is 26.2. The van der Waals surface area contributed by atoms with Crippen LogP contribution in [0.4, 0.5) is 5.69 Å². The van der Waals surface area contributed by atoms with Gasteiger partial charge in [-0.1, -0.05) is 25.1 Å². The Bertz CT molecular complexity index is 1250. The number of morpholine rings is 1. The number of fused-ring (bicyclic) bond motifs is 2. The maximum absolute atomic E-state index is 14.0. The summed E-state index contributed by atoms with van der Waals surface area (Å²) in [6, 6.07) is 13.8. The van der Waals surface area contributed by atoms with Crippen molar-refractivity contribution in [1.29, 1.82) is 0 Å². The summed E-state index contributed by atoms with van der Waals surface area (Å²) in [4.78, 5) is 46.1. The highest BCUT2D eigenvalue weighted by Gasteiger charge is 2.66. The van der Waals surface area contributed by atoms with Gasteiger partial charge in [0.05, 0.1) is 25.4 Å². The molecule has 5 rings (SSSR count). The van der Waals surface area contributed by atoms with Gasteiger partial charge in [0.1, 0.15) is 11.5 Å². The number of Topliss-reactive ketones (excluding diaryl/α,β-unsaturated/α-hetero) is 1. The lowest BCUT2D eigenvalue weighted by Gasteiger charge is -2.36. The quantitative estimate of drug-likeness (QED) is 0.350. The smallest absolute Gasteiger partial charge is 0.296 e. The number of aliphatic hydroxyl groups is 1. The van der Waals surface area contributed by atoms with Gasteiger partial charge in [-0.2, -0.15) is 0 Å². The van der Waals surface area contributed by atoms with Crippen molar-refractivity contribution in [2.75, 3.05) is 57.9 Å². The van der Waals surface area contributed by atoms with Gasteiger partial charge in [0, 0.05) is 50.0 Å². The van der Waals surface area contributed by atoms with Gasteiger partial charge in [-0.25, -0.2) is 0 Å². The van der Waals surface area contributed by atoms with Crippen LogP contribution in [0.2, 0.25) is 0 Å². The number of amides is 2. The second-order valence-electron chi connectivity index (χ2n) is 9.43. The van der Waals surface area contributed by atoms with Crippen LogP contribution in [0.3, 0.4) is 0 Å². The lowest BCUT2D eigenvalue weighted by Crippen LogP contribution is -2.53. The lowest BCUT2D eigenvalue weighted by molar-refractivity contribution is -0.144. The summed E-state index contributed by atoms with van der Waals surface area (Å²) in [5.41, 5.74) is -0.515.